The molecule has 0 aliphatic heterocycles. The van der Waals surface area contributed by atoms with E-state index in [0.29, 0.717) is 11.8 Å². The van der Waals surface area contributed by atoms with Crippen LogP contribution < -0.4 is 5.73 Å². The fourth-order valence-corrected chi connectivity index (χ4v) is 6.69. The molecule has 0 spiro atoms. The van der Waals surface area contributed by atoms with E-state index in [1.54, 1.807) is 0 Å². The summed E-state index contributed by atoms with van der Waals surface area (Å²) >= 11 is 0. The van der Waals surface area contributed by atoms with Crippen LogP contribution in [-0.2, 0) is 0 Å². The van der Waals surface area contributed by atoms with Gasteiger partial charge in [0.15, 0.2) is 0 Å². The Morgan fingerprint density at radius 2 is 1.91 bits per heavy atom. The number of allylic oxidation sites excluding steroid dienone is 1. The molecule has 4 aliphatic rings. The van der Waals surface area contributed by atoms with Gasteiger partial charge in [0, 0.05) is 6.04 Å². The molecule has 0 aromatic heterocycles. The van der Waals surface area contributed by atoms with Crippen molar-refractivity contribution in [1.29, 1.82) is 0 Å². The molecule has 4 N–H and O–H groups in total. The lowest BCUT2D eigenvalue weighted by atomic mass is 9.48. The lowest BCUT2D eigenvalue weighted by Gasteiger charge is -2.57. The van der Waals surface area contributed by atoms with Crippen LogP contribution in [0.2, 0.25) is 0 Å². The van der Waals surface area contributed by atoms with E-state index in [-0.39, 0.29) is 29.1 Å². The van der Waals surface area contributed by atoms with Crippen molar-refractivity contribution >= 4 is 0 Å². The molecule has 8 atom stereocenters. The Kier molecular flexibility index (Phi) is 3.32. The highest BCUT2D eigenvalue weighted by Gasteiger charge is 2.60. The van der Waals surface area contributed by atoms with Gasteiger partial charge in [-0.05, 0) is 73.5 Å². The second-order valence-electron chi connectivity index (χ2n) is 9.03. The molecular weight excluding hydrogens is 274 g/mol. The van der Waals surface area contributed by atoms with E-state index in [1.165, 1.54) is 12.0 Å². The summed E-state index contributed by atoms with van der Waals surface area (Å²) in [5.41, 5.74) is 8.29. The molecule has 3 fully saturated rings. The van der Waals surface area contributed by atoms with E-state index in [9.17, 15) is 10.2 Å². The third-order valence-electron chi connectivity index (χ3n) is 8.19. The van der Waals surface area contributed by atoms with Crippen molar-refractivity contribution in [2.75, 3.05) is 0 Å². The molecule has 0 amide bonds. The first kappa shape index (κ1) is 15.2. The topological polar surface area (TPSA) is 66.5 Å². The standard InChI is InChI=1S/C19H31NO2/c1-18-7-5-12(21)9-11(18)3-4-13-14(18)6-8-19(2)15(13)10-16(22)17(19)20/h3,12-17,21-22H,4-10,20H2,1-2H3/t12?,13-,14-,15+,16?,17?,18+,19+/m1/s1. The van der Waals surface area contributed by atoms with Crippen molar-refractivity contribution in [2.24, 2.45) is 34.3 Å². The van der Waals surface area contributed by atoms with E-state index < -0.39 is 0 Å². The molecule has 124 valence electrons. The summed E-state index contributed by atoms with van der Waals surface area (Å²) in [6, 6.07) is -0.0511. The second-order valence-corrected chi connectivity index (χ2v) is 9.03. The fourth-order valence-electron chi connectivity index (χ4n) is 6.69. The summed E-state index contributed by atoms with van der Waals surface area (Å²) < 4.78 is 0. The number of nitrogens with two attached hydrogens (primary N) is 1. The highest BCUT2D eigenvalue weighted by Crippen LogP contribution is 2.64. The first-order chi connectivity index (χ1) is 10.4. The van der Waals surface area contributed by atoms with Crippen molar-refractivity contribution in [3.63, 3.8) is 0 Å². The van der Waals surface area contributed by atoms with Crippen molar-refractivity contribution in [3.05, 3.63) is 11.6 Å². The molecule has 3 saturated carbocycles. The SMILES string of the molecule is C[C@]12CCC(O)CC1=CC[C@@H]1[C@H]2CC[C@]2(C)C(N)C(O)C[C@@H]12. The van der Waals surface area contributed by atoms with Crippen LogP contribution in [0.5, 0.6) is 0 Å². The average molecular weight is 305 g/mol. The van der Waals surface area contributed by atoms with Crippen LogP contribution in [0.3, 0.4) is 0 Å². The molecule has 3 unspecified atom stereocenters. The molecule has 22 heavy (non-hydrogen) atoms. The number of hydrogen-bond donors (Lipinski definition) is 3. The quantitative estimate of drug-likeness (QED) is 0.603. The van der Waals surface area contributed by atoms with Gasteiger partial charge in [0.25, 0.3) is 0 Å². The average Bonchev–Trinajstić information content (AvgIpc) is 2.72. The Morgan fingerprint density at radius 1 is 1.14 bits per heavy atom. The molecule has 0 saturated heterocycles. The van der Waals surface area contributed by atoms with Gasteiger partial charge in [-0.3, -0.25) is 0 Å². The summed E-state index contributed by atoms with van der Waals surface area (Å²) in [7, 11) is 0. The molecule has 0 aromatic carbocycles. The predicted molar refractivity (Wildman–Crippen MR) is 87.1 cm³/mol. The zero-order valence-electron chi connectivity index (χ0n) is 14.0. The highest BCUT2D eigenvalue weighted by molar-refractivity contribution is 5.25. The summed E-state index contributed by atoms with van der Waals surface area (Å²) in [5.74, 6) is 1.96. The van der Waals surface area contributed by atoms with E-state index in [0.717, 1.165) is 44.4 Å². The zero-order chi connectivity index (χ0) is 15.7. The van der Waals surface area contributed by atoms with Gasteiger partial charge in [0.05, 0.1) is 12.2 Å². The van der Waals surface area contributed by atoms with E-state index in [2.05, 4.69) is 19.9 Å². The lowest BCUT2D eigenvalue weighted by Crippen LogP contribution is -2.53. The van der Waals surface area contributed by atoms with Gasteiger partial charge >= 0.3 is 0 Å². The van der Waals surface area contributed by atoms with Crippen molar-refractivity contribution in [3.8, 4) is 0 Å². The van der Waals surface area contributed by atoms with Crippen LogP contribution in [0.15, 0.2) is 11.6 Å². The summed E-state index contributed by atoms with van der Waals surface area (Å²) in [6.07, 6.45) is 9.34. The maximum absolute atomic E-state index is 10.3. The largest absolute Gasteiger partial charge is 0.393 e. The minimum Gasteiger partial charge on any atom is -0.393 e. The highest BCUT2D eigenvalue weighted by atomic mass is 16.3. The van der Waals surface area contributed by atoms with Crippen LogP contribution in [0.4, 0.5) is 0 Å². The van der Waals surface area contributed by atoms with Gasteiger partial charge < -0.3 is 15.9 Å². The van der Waals surface area contributed by atoms with Crippen LogP contribution in [-0.4, -0.2) is 28.5 Å². The predicted octanol–water partition coefficient (Wildman–Crippen LogP) is 2.61. The van der Waals surface area contributed by atoms with Crippen LogP contribution in [0.1, 0.15) is 58.8 Å². The van der Waals surface area contributed by atoms with E-state index in [4.69, 9.17) is 5.73 Å². The van der Waals surface area contributed by atoms with Crippen LogP contribution in [0, 0.1) is 28.6 Å². The fraction of sp³-hybridized carbons (Fsp3) is 0.895. The molecule has 0 heterocycles. The summed E-state index contributed by atoms with van der Waals surface area (Å²) in [5, 5.41) is 20.4. The molecule has 0 aromatic rings. The Balaban J connectivity index is 1.68. The number of aliphatic hydroxyl groups is 2. The lowest BCUT2D eigenvalue weighted by molar-refractivity contribution is -0.0403. The number of rotatable bonds is 0. The molecule has 4 aliphatic carbocycles. The maximum Gasteiger partial charge on any atom is 0.0699 e. The molecule has 3 heteroatoms. The van der Waals surface area contributed by atoms with Crippen molar-refractivity contribution in [2.45, 2.75) is 77.0 Å². The molecule has 0 bridgehead atoms. The minimum absolute atomic E-state index is 0.0511. The molecule has 0 radical (unpaired) electrons. The van der Waals surface area contributed by atoms with E-state index in [1.807, 2.05) is 0 Å². The maximum atomic E-state index is 10.3. The third-order valence-corrected chi connectivity index (χ3v) is 8.19. The van der Waals surface area contributed by atoms with Crippen LogP contribution >= 0.6 is 0 Å². The number of fused-ring (bicyclic) bond motifs is 5. The Bertz CT molecular complexity index is 504. The monoisotopic (exact) mass is 305 g/mol. The number of hydrogen-bond acceptors (Lipinski definition) is 3. The molecule has 3 nitrogen and oxygen atoms in total. The first-order valence-electron chi connectivity index (χ1n) is 9.17. The number of aliphatic hydroxyl groups excluding tert-OH is 2. The first-order valence-corrected chi connectivity index (χ1v) is 9.17. The van der Waals surface area contributed by atoms with Gasteiger partial charge in [-0.25, -0.2) is 0 Å². The second kappa shape index (κ2) is 4.81. The minimum atomic E-state index is -0.319. The van der Waals surface area contributed by atoms with E-state index >= 15 is 0 Å². The Hall–Kier alpha value is -0.380. The van der Waals surface area contributed by atoms with Gasteiger partial charge in [0.1, 0.15) is 0 Å². The van der Waals surface area contributed by atoms with Crippen molar-refractivity contribution in [1.82, 2.24) is 0 Å². The van der Waals surface area contributed by atoms with Gasteiger partial charge in [-0.15, -0.1) is 0 Å². The Labute approximate surface area is 134 Å². The Morgan fingerprint density at radius 3 is 2.68 bits per heavy atom. The zero-order valence-corrected chi connectivity index (χ0v) is 14.0. The molecular formula is C19H31NO2. The van der Waals surface area contributed by atoms with Gasteiger partial charge in [-0.1, -0.05) is 25.5 Å². The smallest absolute Gasteiger partial charge is 0.0699 e. The summed E-state index contributed by atoms with van der Waals surface area (Å²) in [4.78, 5) is 0. The van der Waals surface area contributed by atoms with Crippen LogP contribution in [0.25, 0.3) is 0 Å². The summed E-state index contributed by atoms with van der Waals surface area (Å²) in [6.45, 7) is 4.76. The van der Waals surface area contributed by atoms with Crippen molar-refractivity contribution < 1.29 is 10.2 Å². The third kappa shape index (κ3) is 1.85. The van der Waals surface area contributed by atoms with Gasteiger partial charge in [0.2, 0.25) is 0 Å². The normalized spacial score (nSPS) is 57.6. The van der Waals surface area contributed by atoms with Gasteiger partial charge in [-0.2, -0.15) is 0 Å². The molecule has 4 rings (SSSR count).